The maximum absolute atomic E-state index is 13.0. The molecule has 0 saturated carbocycles. The van der Waals surface area contributed by atoms with Crippen LogP contribution in [0.25, 0.3) is 33.4 Å². The molecule has 4 aromatic rings. The van der Waals surface area contributed by atoms with E-state index in [9.17, 15) is 19.2 Å². The summed E-state index contributed by atoms with van der Waals surface area (Å²) in [7, 11) is 0. The Labute approximate surface area is 335 Å². The Morgan fingerprint density at radius 2 is 1.00 bits per heavy atom. The molecule has 54 heavy (non-hydrogen) atoms. The number of carbonyl (C=O) groups excluding carboxylic acids is 4. The van der Waals surface area contributed by atoms with E-state index in [1.165, 1.54) is 0 Å². The van der Waals surface area contributed by atoms with Crippen molar-refractivity contribution in [2.45, 2.75) is 53.4 Å². The number of anilines is 2. The molecule has 2 aliphatic heterocycles. The zero-order valence-electron chi connectivity index (χ0n) is 30.4. The van der Waals surface area contributed by atoms with Crippen molar-refractivity contribution in [1.82, 2.24) is 0 Å². The van der Waals surface area contributed by atoms with Crippen LogP contribution in [-0.4, -0.2) is 49.7 Å². The summed E-state index contributed by atoms with van der Waals surface area (Å²) in [6.07, 6.45) is 2.21. The van der Waals surface area contributed by atoms with Crippen molar-refractivity contribution in [1.29, 1.82) is 0 Å². The SMILES string of the molecule is CC(=O)CC[C@H](C)CN1C(=O)COc2cc(-c3cccc(-c4cccc(-c5cc(Cl)c6c(c5)OCC(=O)N6C[C@@H](C)CCC(C)=O)c4Cl)c3Cl)cc(Cl)c21. The standard InChI is InChI=1S/C42H40Cl4N2O6/c1-23(11-13-25(3)49)19-47-37(51)21-53-35-17-27(15-33(43)41(35)47)29-7-5-9-31(39(29)45)32-10-6-8-30(40(32)46)28-16-34(44)42-36(18-28)54-22-38(52)48(42)20-24(2)12-14-26(4)50/h5-10,15-18,23-24H,11-14,19-22H2,1-4H3/t23-,24-/m0/s1. The Balaban J connectivity index is 1.31. The Kier molecular flexibility index (Phi) is 12.3. The molecule has 4 aromatic carbocycles. The van der Waals surface area contributed by atoms with Gasteiger partial charge in [0.2, 0.25) is 0 Å². The number of ether oxygens (including phenoxy) is 2. The van der Waals surface area contributed by atoms with Gasteiger partial charge in [0, 0.05) is 48.2 Å². The van der Waals surface area contributed by atoms with E-state index in [0.29, 0.717) is 115 Å². The van der Waals surface area contributed by atoms with Gasteiger partial charge in [0.1, 0.15) is 34.4 Å². The van der Waals surface area contributed by atoms with Crippen LogP contribution < -0.4 is 19.3 Å². The first-order valence-electron chi connectivity index (χ1n) is 17.8. The zero-order valence-corrected chi connectivity index (χ0v) is 33.5. The minimum Gasteiger partial charge on any atom is -0.481 e. The van der Waals surface area contributed by atoms with Crippen molar-refractivity contribution < 1.29 is 28.7 Å². The lowest BCUT2D eigenvalue weighted by molar-refractivity contribution is -0.122. The summed E-state index contributed by atoms with van der Waals surface area (Å²) in [5.41, 5.74) is 5.14. The number of hydrogen-bond donors (Lipinski definition) is 0. The van der Waals surface area contributed by atoms with Gasteiger partial charge in [-0.15, -0.1) is 0 Å². The summed E-state index contributed by atoms with van der Waals surface area (Å²) in [4.78, 5) is 52.3. The van der Waals surface area contributed by atoms with Gasteiger partial charge in [-0.25, -0.2) is 0 Å². The van der Waals surface area contributed by atoms with Crippen LogP contribution in [0, 0.1) is 11.8 Å². The predicted molar refractivity (Wildman–Crippen MR) is 217 cm³/mol. The summed E-state index contributed by atoms with van der Waals surface area (Å²) in [5, 5.41) is 1.56. The second-order valence-corrected chi connectivity index (χ2v) is 15.8. The van der Waals surface area contributed by atoms with Gasteiger partial charge in [0.05, 0.1) is 20.1 Å². The number of benzene rings is 4. The van der Waals surface area contributed by atoms with Crippen LogP contribution in [0.5, 0.6) is 11.5 Å². The van der Waals surface area contributed by atoms with Crippen LogP contribution in [0.2, 0.25) is 20.1 Å². The molecule has 0 unspecified atom stereocenters. The maximum Gasteiger partial charge on any atom is 0.265 e. The molecule has 2 heterocycles. The van der Waals surface area contributed by atoms with Crippen molar-refractivity contribution in [3.8, 4) is 44.9 Å². The zero-order chi connectivity index (χ0) is 38.8. The van der Waals surface area contributed by atoms with Crippen molar-refractivity contribution in [2.75, 3.05) is 36.1 Å². The molecule has 0 saturated heterocycles. The number of halogens is 4. The second kappa shape index (κ2) is 16.7. The fourth-order valence-corrected chi connectivity index (χ4v) is 8.20. The topological polar surface area (TPSA) is 93.2 Å². The minimum atomic E-state index is -0.199. The highest BCUT2D eigenvalue weighted by Crippen LogP contribution is 2.48. The molecule has 0 bridgehead atoms. The summed E-state index contributed by atoms with van der Waals surface area (Å²) in [6.45, 7) is 7.69. The molecule has 2 aliphatic rings. The first kappa shape index (κ1) is 39.6. The second-order valence-electron chi connectivity index (χ2n) is 14.2. The first-order chi connectivity index (χ1) is 25.7. The maximum atomic E-state index is 13.0. The number of amides is 2. The largest absolute Gasteiger partial charge is 0.481 e. The lowest BCUT2D eigenvalue weighted by Gasteiger charge is -2.32. The molecule has 6 rings (SSSR count). The predicted octanol–water partition coefficient (Wildman–Crippen LogP) is 10.8. The molecule has 12 heteroatoms. The van der Waals surface area contributed by atoms with Crippen LogP contribution in [0.3, 0.4) is 0 Å². The molecule has 0 radical (unpaired) electrons. The number of nitrogens with zero attached hydrogens (tertiary/aromatic N) is 2. The molecular formula is C42H40Cl4N2O6. The van der Waals surface area contributed by atoms with E-state index in [2.05, 4.69) is 0 Å². The number of rotatable bonds is 13. The number of carbonyl (C=O) groups is 4. The summed E-state index contributed by atoms with van der Waals surface area (Å²) in [5.74, 6) is 0.908. The third kappa shape index (κ3) is 8.42. The molecule has 0 spiro atoms. The third-order valence-electron chi connectivity index (χ3n) is 9.78. The van der Waals surface area contributed by atoms with Crippen LogP contribution in [-0.2, 0) is 19.2 Å². The van der Waals surface area contributed by atoms with Gasteiger partial charge in [0.25, 0.3) is 11.8 Å². The van der Waals surface area contributed by atoms with E-state index in [-0.39, 0.29) is 48.4 Å². The summed E-state index contributed by atoms with van der Waals surface area (Å²) >= 11 is 28.1. The number of fused-ring (bicyclic) bond motifs is 2. The van der Waals surface area contributed by atoms with Gasteiger partial charge in [-0.2, -0.15) is 0 Å². The molecule has 2 atom stereocenters. The van der Waals surface area contributed by atoms with E-state index < -0.39 is 0 Å². The molecular weight excluding hydrogens is 770 g/mol. The first-order valence-corrected chi connectivity index (χ1v) is 19.3. The van der Waals surface area contributed by atoms with Gasteiger partial charge < -0.3 is 28.9 Å². The number of Topliss-reactive ketones (excluding diaryl/α,β-unsaturated/α-hetero) is 2. The molecule has 0 aromatic heterocycles. The minimum absolute atomic E-state index is 0.0770. The van der Waals surface area contributed by atoms with E-state index in [1.54, 1.807) is 35.8 Å². The van der Waals surface area contributed by atoms with E-state index in [0.717, 1.165) is 0 Å². The molecule has 0 fully saturated rings. The molecule has 0 aliphatic carbocycles. The summed E-state index contributed by atoms with van der Waals surface area (Å²) < 4.78 is 11.8. The van der Waals surface area contributed by atoms with Crippen LogP contribution in [0.15, 0.2) is 60.7 Å². The number of hydrogen-bond acceptors (Lipinski definition) is 6. The van der Waals surface area contributed by atoms with E-state index in [4.69, 9.17) is 55.9 Å². The average molecular weight is 811 g/mol. The fourth-order valence-electron chi connectivity index (χ4n) is 6.90. The smallest absolute Gasteiger partial charge is 0.265 e. The van der Waals surface area contributed by atoms with Crippen molar-refractivity contribution >= 4 is 81.2 Å². The highest BCUT2D eigenvalue weighted by molar-refractivity contribution is 6.40. The Morgan fingerprint density at radius 1 is 0.630 bits per heavy atom. The Hall–Kier alpha value is -4.08. The van der Waals surface area contributed by atoms with Gasteiger partial charge in [-0.05, 0) is 73.9 Å². The van der Waals surface area contributed by atoms with Crippen molar-refractivity contribution in [3.05, 3.63) is 80.8 Å². The highest BCUT2D eigenvalue weighted by atomic mass is 35.5. The third-order valence-corrected chi connectivity index (χ3v) is 11.2. The molecule has 8 nitrogen and oxygen atoms in total. The van der Waals surface area contributed by atoms with E-state index >= 15 is 0 Å². The summed E-state index contributed by atoms with van der Waals surface area (Å²) in [6, 6.07) is 18.5. The fraction of sp³-hybridized carbons (Fsp3) is 0.333. The van der Waals surface area contributed by atoms with Crippen molar-refractivity contribution in [2.24, 2.45) is 11.8 Å². The lowest BCUT2D eigenvalue weighted by atomic mass is 9.95. The Morgan fingerprint density at radius 3 is 1.37 bits per heavy atom. The molecule has 0 N–H and O–H groups in total. The van der Waals surface area contributed by atoms with Crippen LogP contribution >= 0.6 is 46.4 Å². The van der Waals surface area contributed by atoms with Gasteiger partial charge >= 0.3 is 0 Å². The molecule has 2 amide bonds. The quantitative estimate of drug-likeness (QED) is 0.134. The van der Waals surface area contributed by atoms with Gasteiger partial charge in [0.15, 0.2) is 13.2 Å². The highest BCUT2D eigenvalue weighted by Gasteiger charge is 2.32. The van der Waals surface area contributed by atoms with Crippen LogP contribution in [0.1, 0.15) is 53.4 Å². The van der Waals surface area contributed by atoms with Crippen LogP contribution in [0.4, 0.5) is 11.4 Å². The van der Waals surface area contributed by atoms with Gasteiger partial charge in [-0.3, -0.25) is 9.59 Å². The normalized spacial score (nSPS) is 14.9. The molecule has 282 valence electrons. The van der Waals surface area contributed by atoms with E-state index in [1.807, 2.05) is 62.4 Å². The lowest BCUT2D eigenvalue weighted by Crippen LogP contribution is -2.41. The van der Waals surface area contributed by atoms with Crippen molar-refractivity contribution in [3.63, 3.8) is 0 Å². The average Bonchev–Trinajstić information content (AvgIpc) is 3.12. The number of ketones is 2. The Bertz CT molecular complexity index is 2000. The monoisotopic (exact) mass is 808 g/mol. The van der Waals surface area contributed by atoms with Gasteiger partial charge in [-0.1, -0.05) is 96.6 Å².